The number of rotatable bonds is 3. The maximum absolute atomic E-state index is 11.2. The van der Waals surface area contributed by atoms with E-state index in [0.717, 1.165) is 0 Å². The Hall–Kier alpha value is -0.670. The molecule has 0 spiro atoms. The quantitative estimate of drug-likeness (QED) is 0.748. The van der Waals surface area contributed by atoms with Crippen LogP contribution >= 0.6 is 7.60 Å². The summed E-state index contributed by atoms with van der Waals surface area (Å²) in [6.45, 7) is 0. The Labute approximate surface area is 83.3 Å². The molecular formula is C9H14NO3P. The SMILES string of the molecule is CN(C)[C@@H](c1ccccc1)P(=O)(O)O. The third kappa shape index (κ3) is 2.66. The molecule has 1 aromatic rings. The molecule has 0 radical (unpaired) electrons. The van der Waals surface area contributed by atoms with Gasteiger partial charge in [0.2, 0.25) is 0 Å². The molecule has 1 atom stereocenters. The van der Waals surface area contributed by atoms with Crippen LogP contribution in [-0.2, 0) is 4.57 Å². The second kappa shape index (κ2) is 4.24. The summed E-state index contributed by atoms with van der Waals surface area (Å²) in [4.78, 5) is 19.9. The molecule has 1 rings (SSSR count). The van der Waals surface area contributed by atoms with Crippen molar-refractivity contribution in [2.75, 3.05) is 14.1 Å². The average Bonchev–Trinajstić information content (AvgIpc) is 2.02. The van der Waals surface area contributed by atoms with Crippen LogP contribution in [0.2, 0.25) is 0 Å². The number of hydrogen-bond donors (Lipinski definition) is 2. The summed E-state index contributed by atoms with van der Waals surface area (Å²) in [6, 6.07) is 8.77. The van der Waals surface area contributed by atoms with Gasteiger partial charge in [-0.1, -0.05) is 30.3 Å². The van der Waals surface area contributed by atoms with Crippen LogP contribution in [0.5, 0.6) is 0 Å². The highest BCUT2D eigenvalue weighted by atomic mass is 31.2. The molecule has 0 bridgehead atoms. The van der Waals surface area contributed by atoms with E-state index in [1.54, 1.807) is 38.4 Å². The van der Waals surface area contributed by atoms with Crippen molar-refractivity contribution >= 4 is 7.60 Å². The van der Waals surface area contributed by atoms with Crippen LogP contribution in [0.25, 0.3) is 0 Å². The molecular weight excluding hydrogens is 201 g/mol. The Morgan fingerprint density at radius 2 is 1.71 bits per heavy atom. The highest BCUT2D eigenvalue weighted by Gasteiger charge is 2.31. The molecule has 5 heteroatoms. The minimum atomic E-state index is -4.13. The lowest BCUT2D eigenvalue weighted by molar-refractivity contribution is 0.286. The molecule has 0 saturated carbocycles. The molecule has 0 unspecified atom stereocenters. The average molecular weight is 215 g/mol. The van der Waals surface area contributed by atoms with Gasteiger partial charge in [-0.2, -0.15) is 0 Å². The number of hydrogen-bond acceptors (Lipinski definition) is 2. The van der Waals surface area contributed by atoms with Crippen LogP contribution in [0.1, 0.15) is 11.3 Å². The smallest absolute Gasteiger partial charge is 0.323 e. The predicted octanol–water partition coefficient (Wildman–Crippen LogP) is 1.42. The van der Waals surface area contributed by atoms with Gasteiger partial charge in [0, 0.05) is 0 Å². The van der Waals surface area contributed by atoms with Gasteiger partial charge in [0.15, 0.2) is 0 Å². The van der Waals surface area contributed by atoms with E-state index < -0.39 is 13.4 Å². The summed E-state index contributed by atoms with van der Waals surface area (Å²) < 4.78 is 11.2. The summed E-state index contributed by atoms with van der Waals surface area (Å²) in [5, 5.41) is 0. The number of nitrogens with zero attached hydrogens (tertiary/aromatic N) is 1. The van der Waals surface area contributed by atoms with Crippen LogP contribution in [0.4, 0.5) is 0 Å². The summed E-state index contributed by atoms with van der Waals surface area (Å²) >= 11 is 0. The van der Waals surface area contributed by atoms with Crippen LogP contribution in [-0.4, -0.2) is 28.8 Å². The minimum absolute atomic E-state index is 0.630. The zero-order valence-electron chi connectivity index (χ0n) is 8.16. The van der Waals surface area contributed by atoms with E-state index in [9.17, 15) is 14.4 Å². The van der Waals surface area contributed by atoms with Crippen molar-refractivity contribution in [3.63, 3.8) is 0 Å². The van der Waals surface area contributed by atoms with Crippen LogP contribution in [0, 0.1) is 0 Å². The largest absolute Gasteiger partial charge is 0.347 e. The first-order valence-electron chi connectivity index (χ1n) is 4.19. The molecule has 0 aromatic heterocycles. The molecule has 0 saturated heterocycles. The van der Waals surface area contributed by atoms with Crippen molar-refractivity contribution in [2.24, 2.45) is 0 Å². The Balaban J connectivity index is 3.08. The molecule has 78 valence electrons. The third-order valence-corrected chi connectivity index (χ3v) is 3.30. The monoisotopic (exact) mass is 215 g/mol. The van der Waals surface area contributed by atoms with Gasteiger partial charge < -0.3 is 9.79 Å². The first kappa shape index (κ1) is 11.4. The Morgan fingerprint density at radius 1 is 1.21 bits per heavy atom. The molecule has 4 nitrogen and oxygen atoms in total. The van der Waals surface area contributed by atoms with E-state index >= 15 is 0 Å². The highest BCUT2D eigenvalue weighted by Crippen LogP contribution is 2.52. The molecule has 1 aromatic carbocycles. The van der Waals surface area contributed by atoms with E-state index in [-0.39, 0.29) is 0 Å². The summed E-state index contributed by atoms with van der Waals surface area (Å²) in [6.07, 6.45) is 0. The fraction of sp³-hybridized carbons (Fsp3) is 0.333. The Kier molecular flexibility index (Phi) is 3.45. The molecule has 14 heavy (non-hydrogen) atoms. The molecule has 0 aliphatic carbocycles. The van der Waals surface area contributed by atoms with E-state index in [4.69, 9.17) is 0 Å². The minimum Gasteiger partial charge on any atom is -0.323 e. The van der Waals surface area contributed by atoms with E-state index in [1.807, 2.05) is 6.07 Å². The fourth-order valence-electron chi connectivity index (χ4n) is 1.42. The van der Waals surface area contributed by atoms with Crippen molar-refractivity contribution in [1.29, 1.82) is 0 Å². The molecule has 0 fully saturated rings. The first-order chi connectivity index (χ1) is 6.43. The van der Waals surface area contributed by atoms with Crippen LogP contribution in [0.15, 0.2) is 30.3 Å². The van der Waals surface area contributed by atoms with Crippen molar-refractivity contribution in [3.8, 4) is 0 Å². The lowest BCUT2D eigenvalue weighted by atomic mass is 10.2. The molecule has 2 N–H and O–H groups in total. The van der Waals surface area contributed by atoms with Gasteiger partial charge in [-0.15, -0.1) is 0 Å². The summed E-state index contributed by atoms with van der Waals surface area (Å²) in [5.41, 5.74) is 0.630. The fourth-order valence-corrected chi connectivity index (χ4v) is 2.58. The molecule has 0 heterocycles. The highest BCUT2D eigenvalue weighted by molar-refractivity contribution is 7.52. The summed E-state index contributed by atoms with van der Waals surface area (Å²) in [7, 11) is -0.829. The van der Waals surface area contributed by atoms with Gasteiger partial charge in [0.25, 0.3) is 0 Å². The van der Waals surface area contributed by atoms with Crippen molar-refractivity contribution in [3.05, 3.63) is 35.9 Å². The second-order valence-electron chi connectivity index (χ2n) is 3.34. The third-order valence-electron chi connectivity index (χ3n) is 1.91. The molecule has 0 aliphatic heterocycles. The van der Waals surface area contributed by atoms with Gasteiger partial charge in [-0.3, -0.25) is 9.46 Å². The molecule has 0 aliphatic rings. The number of benzene rings is 1. The van der Waals surface area contributed by atoms with E-state index in [2.05, 4.69) is 0 Å². The summed E-state index contributed by atoms with van der Waals surface area (Å²) in [5.74, 6) is -0.858. The van der Waals surface area contributed by atoms with E-state index in [1.165, 1.54) is 4.90 Å². The topological polar surface area (TPSA) is 60.8 Å². The van der Waals surface area contributed by atoms with Crippen molar-refractivity contribution < 1.29 is 14.4 Å². The zero-order chi connectivity index (χ0) is 10.8. The van der Waals surface area contributed by atoms with Crippen molar-refractivity contribution in [2.45, 2.75) is 5.78 Å². The predicted molar refractivity (Wildman–Crippen MR) is 54.9 cm³/mol. The van der Waals surface area contributed by atoms with Crippen molar-refractivity contribution in [1.82, 2.24) is 4.90 Å². The normalized spacial score (nSPS) is 14.4. The van der Waals surface area contributed by atoms with Gasteiger partial charge in [-0.05, 0) is 19.7 Å². The maximum atomic E-state index is 11.2. The van der Waals surface area contributed by atoms with Crippen LogP contribution in [0.3, 0.4) is 0 Å². The van der Waals surface area contributed by atoms with Gasteiger partial charge in [-0.25, -0.2) is 0 Å². The van der Waals surface area contributed by atoms with Gasteiger partial charge >= 0.3 is 7.60 Å². The Morgan fingerprint density at radius 3 is 2.07 bits per heavy atom. The lowest BCUT2D eigenvalue weighted by Gasteiger charge is -2.25. The standard InChI is InChI=1S/C9H14NO3P/c1-10(2)9(14(11,12)13)8-6-4-3-5-7-8/h3-7,9H,1-2H3,(H2,11,12,13)/t9-/m1/s1. The first-order valence-corrected chi connectivity index (χ1v) is 5.87. The molecule has 0 amide bonds. The Bertz CT molecular complexity index is 333. The lowest BCUT2D eigenvalue weighted by Crippen LogP contribution is -2.19. The van der Waals surface area contributed by atoms with E-state index in [0.29, 0.717) is 5.56 Å². The van der Waals surface area contributed by atoms with Crippen LogP contribution < -0.4 is 0 Å². The van der Waals surface area contributed by atoms with Gasteiger partial charge in [0.05, 0.1) is 0 Å². The maximum Gasteiger partial charge on any atom is 0.347 e. The second-order valence-corrected chi connectivity index (χ2v) is 5.00. The van der Waals surface area contributed by atoms with Gasteiger partial charge in [0.1, 0.15) is 5.78 Å². The zero-order valence-corrected chi connectivity index (χ0v) is 9.06.